The van der Waals surface area contributed by atoms with Crippen LogP contribution in [0.2, 0.25) is 0 Å². The van der Waals surface area contributed by atoms with Crippen molar-refractivity contribution in [2.75, 3.05) is 27.4 Å². The summed E-state index contributed by atoms with van der Waals surface area (Å²) in [5.74, 6) is 1.75. The molecule has 5 rings (SSSR count). The summed E-state index contributed by atoms with van der Waals surface area (Å²) >= 11 is 0. The molecule has 1 aliphatic rings. The van der Waals surface area contributed by atoms with Crippen LogP contribution in [0.1, 0.15) is 34.8 Å². The molecule has 0 saturated heterocycles. The summed E-state index contributed by atoms with van der Waals surface area (Å²) in [5.41, 5.74) is 16.9. The highest BCUT2D eigenvalue weighted by molar-refractivity contribution is 6.01. The van der Waals surface area contributed by atoms with Crippen molar-refractivity contribution in [1.82, 2.24) is 10.9 Å². The Morgan fingerprint density at radius 3 is 2.45 bits per heavy atom. The molecule has 0 aromatic heterocycles. The molecule has 4 aromatic carbocycles. The van der Waals surface area contributed by atoms with Gasteiger partial charge in [-0.3, -0.25) is 10.2 Å². The molecule has 242 valence electrons. The van der Waals surface area contributed by atoms with Gasteiger partial charge in [-0.15, -0.1) is 0 Å². The van der Waals surface area contributed by atoms with E-state index in [1.165, 1.54) is 0 Å². The van der Waals surface area contributed by atoms with Crippen molar-refractivity contribution in [3.63, 3.8) is 0 Å². The number of nitrogens with one attached hydrogen (secondary N) is 2. The lowest BCUT2D eigenvalue weighted by Gasteiger charge is -2.31. The monoisotopic (exact) mass is 636 g/mol. The van der Waals surface area contributed by atoms with Crippen molar-refractivity contribution >= 4 is 17.5 Å². The second kappa shape index (κ2) is 15.6. The Hall–Kier alpha value is -5.55. The molecule has 1 heterocycles. The van der Waals surface area contributed by atoms with Gasteiger partial charge in [0.25, 0.3) is 5.91 Å². The predicted molar refractivity (Wildman–Crippen MR) is 177 cm³/mol. The zero-order valence-electron chi connectivity index (χ0n) is 26.1. The summed E-state index contributed by atoms with van der Waals surface area (Å²) in [5, 5.41) is 13.0. The first-order valence-electron chi connectivity index (χ1n) is 15.0. The standard InChI is InChI=1S/C35H36N6O6/c1-44-28-15-11-24(12-16-28)23-37-40-34(43)35(22-27-7-3-4-10-31(27)39-41-36)32(26-8-5-9-30(21-26)45-2)47-33(38-35)25-13-17-29(18-14-25)46-20-6-19-42/h3-5,7-18,21,32,37,42H,6,19-20,22-23H2,1-2H3,(H,40,43)/t32-,35-/m0/s1. The maximum Gasteiger partial charge on any atom is 0.266 e. The molecule has 0 spiro atoms. The number of hydrogen-bond acceptors (Lipinski definition) is 9. The van der Waals surface area contributed by atoms with Crippen molar-refractivity contribution < 1.29 is 28.8 Å². The number of rotatable bonds is 15. The number of benzene rings is 4. The van der Waals surface area contributed by atoms with Gasteiger partial charge in [0, 0.05) is 42.2 Å². The molecule has 0 saturated carbocycles. The molecular weight excluding hydrogens is 600 g/mol. The first kappa shape index (κ1) is 32.8. The fourth-order valence-electron chi connectivity index (χ4n) is 5.26. The highest BCUT2D eigenvalue weighted by Crippen LogP contribution is 2.44. The van der Waals surface area contributed by atoms with Gasteiger partial charge in [-0.2, -0.15) is 0 Å². The largest absolute Gasteiger partial charge is 0.497 e. The van der Waals surface area contributed by atoms with Crippen LogP contribution in [0.4, 0.5) is 5.69 Å². The average Bonchev–Trinajstić information content (AvgIpc) is 3.50. The SMILES string of the molecule is COc1ccc(CNNC(=O)[C@@]2(Cc3ccccc3N=[N+]=[N-])N=C(c3ccc(OCCCO)cc3)O[C@H]2c2cccc(OC)c2)cc1. The number of ether oxygens (including phenoxy) is 4. The van der Waals surface area contributed by atoms with Gasteiger partial charge in [0.05, 0.1) is 20.8 Å². The molecule has 1 aliphatic heterocycles. The van der Waals surface area contributed by atoms with Crippen molar-refractivity contribution in [1.29, 1.82) is 0 Å². The van der Waals surface area contributed by atoms with Crippen molar-refractivity contribution in [2.45, 2.75) is 31.0 Å². The van der Waals surface area contributed by atoms with Gasteiger partial charge >= 0.3 is 0 Å². The lowest BCUT2D eigenvalue weighted by atomic mass is 9.81. The van der Waals surface area contributed by atoms with Gasteiger partial charge in [0.2, 0.25) is 5.90 Å². The molecule has 1 amide bonds. The summed E-state index contributed by atoms with van der Waals surface area (Å²) in [6.45, 7) is 0.749. The highest BCUT2D eigenvalue weighted by Gasteiger charge is 2.53. The Labute approximate surface area is 272 Å². The van der Waals surface area contributed by atoms with E-state index >= 15 is 0 Å². The summed E-state index contributed by atoms with van der Waals surface area (Å²) in [6.07, 6.45) is -0.331. The first-order chi connectivity index (χ1) is 23.0. The Morgan fingerprint density at radius 1 is 0.979 bits per heavy atom. The molecule has 47 heavy (non-hydrogen) atoms. The van der Waals surface area contributed by atoms with Crippen LogP contribution in [0.5, 0.6) is 17.2 Å². The number of aliphatic hydroxyl groups is 1. The topological polar surface area (TPSA) is 159 Å². The van der Waals surface area contributed by atoms with Crippen LogP contribution in [0.3, 0.4) is 0 Å². The van der Waals surface area contributed by atoms with E-state index in [1.54, 1.807) is 56.7 Å². The fourth-order valence-corrected chi connectivity index (χ4v) is 5.26. The van der Waals surface area contributed by atoms with Crippen molar-refractivity contribution in [3.8, 4) is 17.2 Å². The van der Waals surface area contributed by atoms with Crippen LogP contribution < -0.4 is 25.1 Å². The third kappa shape index (κ3) is 7.82. The lowest BCUT2D eigenvalue weighted by molar-refractivity contribution is -0.130. The highest BCUT2D eigenvalue weighted by atomic mass is 16.5. The molecule has 0 fully saturated rings. The number of carbonyl (C=O) groups is 1. The first-order valence-corrected chi connectivity index (χ1v) is 15.0. The Balaban J connectivity index is 1.55. The lowest BCUT2D eigenvalue weighted by Crippen LogP contribution is -2.53. The number of methoxy groups -OCH3 is 2. The van der Waals surface area contributed by atoms with Gasteiger partial charge in [-0.25, -0.2) is 10.4 Å². The van der Waals surface area contributed by atoms with Crippen LogP contribution in [0, 0.1) is 0 Å². The minimum Gasteiger partial charge on any atom is -0.497 e. The van der Waals surface area contributed by atoms with E-state index in [2.05, 4.69) is 20.9 Å². The van der Waals surface area contributed by atoms with Gasteiger partial charge in [0.1, 0.15) is 17.2 Å². The third-order valence-electron chi connectivity index (χ3n) is 7.68. The van der Waals surface area contributed by atoms with E-state index in [9.17, 15) is 10.3 Å². The van der Waals surface area contributed by atoms with Gasteiger partial charge in [0.15, 0.2) is 11.6 Å². The average molecular weight is 637 g/mol. The Morgan fingerprint density at radius 2 is 1.72 bits per heavy atom. The van der Waals surface area contributed by atoms with Crippen LogP contribution in [0.15, 0.2) is 107 Å². The number of aliphatic imine (C=N–C) groups is 1. The molecule has 12 nitrogen and oxygen atoms in total. The number of aliphatic hydroxyl groups excluding tert-OH is 1. The van der Waals surface area contributed by atoms with Gasteiger partial charge < -0.3 is 24.1 Å². The molecule has 2 atom stereocenters. The number of nitrogens with zero attached hydrogens (tertiary/aromatic N) is 4. The van der Waals surface area contributed by atoms with Crippen molar-refractivity contribution in [2.24, 2.45) is 10.1 Å². The van der Waals surface area contributed by atoms with E-state index in [4.69, 9.17) is 29.0 Å². The summed E-state index contributed by atoms with van der Waals surface area (Å²) < 4.78 is 23.0. The van der Waals surface area contributed by atoms with E-state index in [-0.39, 0.29) is 18.9 Å². The van der Waals surface area contributed by atoms with Crippen molar-refractivity contribution in [3.05, 3.63) is 130 Å². The van der Waals surface area contributed by atoms with E-state index < -0.39 is 17.6 Å². The van der Waals surface area contributed by atoms with Crippen LogP contribution in [0.25, 0.3) is 10.4 Å². The second-order valence-electron chi connectivity index (χ2n) is 10.7. The molecule has 3 N–H and O–H groups in total. The third-order valence-corrected chi connectivity index (χ3v) is 7.68. The van der Waals surface area contributed by atoms with Gasteiger partial charge in [-0.1, -0.05) is 53.6 Å². The molecule has 4 aromatic rings. The number of carbonyl (C=O) groups excluding carboxylic acids is 1. The number of hydrazine groups is 1. The number of hydrogen-bond donors (Lipinski definition) is 3. The molecule has 0 bridgehead atoms. The summed E-state index contributed by atoms with van der Waals surface area (Å²) in [7, 11) is 3.17. The molecule has 0 radical (unpaired) electrons. The summed E-state index contributed by atoms with van der Waals surface area (Å²) in [6, 6.07) is 29.0. The number of amides is 1. The smallest absolute Gasteiger partial charge is 0.266 e. The van der Waals surface area contributed by atoms with Crippen LogP contribution in [-0.2, 0) is 22.5 Å². The van der Waals surface area contributed by atoms with Crippen LogP contribution in [-0.4, -0.2) is 49.9 Å². The normalized spacial score (nSPS) is 16.7. The quantitative estimate of drug-likeness (QED) is 0.0494. The molecule has 0 unspecified atom stereocenters. The predicted octanol–water partition coefficient (Wildman–Crippen LogP) is 5.73. The van der Waals surface area contributed by atoms with E-state index in [0.717, 1.165) is 11.3 Å². The van der Waals surface area contributed by atoms with E-state index in [0.29, 0.717) is 53.4 Å². The van der Waals surface area contributed by atoms with E-state index in [1.807, 2.05) is 54.6 Å². The second-order valence-corrected chi connectivity index (χ2v) is 10.7. The van der Waals surface area contributed by atoms with Crippen LogP contribution >= 0.6 is 0 Å². The maximum absolute atomic E-state index is 14.5. The molecule has 12 heteroatoms. The molecule has 0 aliphatic carbocycles. The number of azide groups is 1. The summed E-state index contributed by atoms with van der Waals surface area (Å²) in [4.78, 5) is 22.5. The fraction of sp³-hybridized carbons (Fsp3) is 0.257. The zero-order chi connectivity index (χ0) is 33.1. The zero-order valence-corrected chi connectivity index (χ0v) is 26.1. The Kier molecular flexibility index (Phi) is 10.9. The van der Waals surface area contributed by atoms with Gasteiger partial charge in [-0.05, 0) is 70.8 Å². The minimum absolute atomic E-state index is 0.0380. The molecular formula is C35H36N6O6. The minimum atomic E-state index is -1.55. The maximum atomic E-state index is 14.5. The Bertz CT molecular complexity index is 1740.